The highest BCUT2D eigenvalue weighted by molar-refractivity contribution is 6.30. The second-order valence-corrected chi connectivity index (χ2v) is 10.3. The first kappa shape index (κ1) is 27.5. The Hall–Kier alpha value is -4.11. The van der Waals surface area contributed by atoms with Crippen LogP contribution >= 0.6 is 11.6 Å². The third kappa shape index (κ3) is 6.37. The summed E-state index contributed by atoms with van der Waals surface area (Å²) in [6.45, 7) is 1.01. The normalized spacial score (nSPS) is 12.2. The minimum atomic E-state index is -0.837. The van der Waals surface area contributed by atoms with E-state index in [1.807, 2.05) is 60.5 Å². The molecule has 40 heavy (non-hydrogen) atoms. The highest BCUT2D eigenvalue weighted by Crippen LogP contribution is 2.26. The van der Waals surface area contributed by atoms with Gasteiger partial charge in [-0.1, -0.05) is 54.1 Å². The van der Waals surface area contributed by atoms with Crippen molar-refractivity contribution in [2.45, 2.75) is 25.6 Å². The fraction of sp³-hybridized carbons (Fsp3) is 0.226. The SMILES string of the molecule is CN(Cc1cc2c(=O)c(CC(=O)NCc3ccc(Cl)cc3)cn(C)c2o1)CC(O)c1ccc(-c2ccccc2)o1. The van der Waals surface area contributed by atoms with Gasteiger partial charge in [-0.25, -0.2) is 0 Å². The van der Waals surface area contributed by atoms with Gasteiger partial charge in [0.1, 0.15) is 23.4 Å². The molecule has 3 heterocycles. The van der Waals surface area contributed by atoms with Gasteiger partial charge in [-0.3, -0.25) is 14.5 Å². The summed E-state index contributed by atoms with van der Waals surface area (Å²) in [6, 6.07) is 22.2. The van der Waals surface area contributed by atoms with E-state index in [2.05, 4.69) is 5.32 Å². The minimum absolute atomic E-state index is 0.0447. The molecule has 0 fully saturated rings. The molecule has 1 amide bonds. The molecule has 9 heteroatoms. The molecule has 0 saturated heterocycles. The first-order valence-electron chi connectivity index (χ1n) is 12.9. The molecule has 1 atom stereocenters. The van der Waals surface area contributed by atoms with Gasteiger partial charge in [0.2, 0.25) is 11.6 Å². The van der Waals surface area contributed by atoms with Crippen LogP contribution in [0.15, 0.2) is 92.6 Å². The van der Waals surface area contributed by atoms with Crippen LogP contribution < -0.4 is 10.7 Å². The summed E-state index contributed by atoms with van der Waals surface area (Å²) in [5.41, 5.74) is 2.43. The van der Waals surface area contributed by atoms with Crippen LogP contribution in [0.4, 0.5) is 0 Å². The van der Waals surface area contributed by atoms with Gasteiger partial charge in [-0.05, 0) is 42.9 Å². The quantitative estimate of drug-likeness (QED) is 0.248. The Morgan fingerprint density at radius 2 is 1.82 bits per heavy atom. The Kier molecular flexibility index (Phi) is 8.21. The van der Waals surface area contributed by atoms with E-state index in [9.17, 15) is 14.7 Å². The van der Waals surface area contributed by atoms with Gasteiger partial charge in [0.05, 0.1) is 18.4 Å². The number of furan rings is 2. The molecule has 1 unspecified atom stereocenters. The second-order valence-electron chi connectivity index (χ2n) is 9.89. The number of carbonyl (C=O) groups is 1. The smallest absolute Gasteiger partial charge is 0.224 e. The van der Waals surface area contributed by atoms with Crippen molar-refractivity contribution in [2.24, 2.45) is 7.05 Å². The number of aromatic nitrogens is 1. The molecule has 2 aromatic carbocycles. The van der Waals surface area contributed by atoms with E-state index in [1.165, 1.54) is 0 Å². The summed E-state index contributed by atoms with van der Waals surface area (Å²) in [4.78, 5) is 27.6. The summed E-state index contributed by atoms with van der Waals surface area (Å²) in [6.07, 6.45) is 0.752. The number of hydrogen-bond donors (Lipinski definition) is 2. The zero-order valence-corrected chi connectivity index (χ0v) is 23.0. The monoisotopic (exact) mass is 559 g/mol. The lowest BCUT2D eigenvalue weighted by Gasteiger charge is -2.18. The number of amides is 1. The zero-order valence-electron chi connectivity index (χ0n) is 22.3. The van der Waals surface area contributed by atoms with Crippen LogP contribution in [0.2, 0.25) is 5.02 Å². The Balaban J connectivity index is 1.22. The van der Waals surface area contributed by atoms with E-state index >= 15 is 0 Å². The van der Waals surface area contributed by atoms with Crippen molar-refractivity contribution in [3.63, 3.8) is 0 Å². The highest BCUT2D eigenvalue weighted by atomic mass is 35.5. The van der Waals surface area contributed by atoms with Crippen molar-refractivity contribution in [3.8, 4) is 11.3 Å². The van der Waals surface area contributed by atoms with Crippen molar-refractivity contribution in [1.82, 2.24) is 14.8 Å². The maximum atomic E-state index is 13.2. The summed E-state index contributed by atoms with van der Waals surface area (Å²) >= 11 is 5.91. The predicted octanol–water partition coefficient (Wildman–Crippen LogP) is 5.07. The van der Waals surface area contributed by atoms with Gasteiger partial charge in [-0.15, -0.1) is 0 Å². The Bertz CT molecular complexity index is 1670. The van der Waals surface area contributed by atoms with Crippen molar-refractivity contribution in [1.29, 1.82) is 0 Å². The third-order valence-electron chi connectivity index (χ3n) is 6.65. The molecular weight excluding hydrogens is 530 g/mol. The number of fused-ring (bicyclic) bond motifs is 1. The van der Waals surface area contributed by atoms with E-state index in [0.29, 0.717) is 58.6 Å². The maximum absolute atomic E-state index is 13.2. The molecule has 0 saturated carbocycles. The van der Waals surface area contributed by atoms with Crippen LogP contribution in [0.25, 0.3) is 22.4 Å². The van der Waals surface area contributed by atoms with Crippen LogP contribution in [0, 0.1) is 0 Å². The molecule has 5 aromatic rings. The lowest BCUT2D eigenvalue weighted by Crippen LogP contribution is -2.27. The van der Waals surface area contributed by atoms with E-state index in [4.69, 9.17) is 20.4 Å². The van der Waals surface area contributed by atoms with Gasteiger partial charge in [0.25, 0.3) is 0 Å². The number of aryl methyl sites for hydroxylation is 1. The van der Waals surface area contributed by atoms with Gasteiger partial charge < -0.3 is 23.8 Å². The predicted molar refractivity (Wildman–Crippen MR) is 154 cm³/mol. The van der Waals surface area contributed by atoms with Gasteiger partial charge >= 0.3 is 0 Å². The topological polar surface area (TPSA) is 101 Å². The Labute approximate surface area is 236 Å². The molecule has 0 aliphatic carbocycles. The van der Waals surface area contributed by atoms with Crippen molar-refractivity contribution in [2.75, 3.05) is 13.6 Å². The number of nitrogens with one attached hydrogen (secondary N) is 1. The van der Waals surface area contributed by atoms with Crippen LogP contribution in [-0.4, -0.2) is 34.1 Å². The van der Waals surface area contributed by atoms with E-state index in [0.717, 1.165) is 11.1 Å². The molecule has 0 aliphatic rings. The third-order valence-corrected chi connectivity index (χ3v) is 6.90. The lowest BCUT2D eigenvalue weighted by atomic mass is 10.1. The maximum Gasteiger partial charge on any atom is 0.224 e. The number of nitrogens with zero attached hydrogens (tertiary/aromatic N) is 2. The molecule has 2 N–H and O–H groups in total. The lowest BCUT2D eigenvalue weighted by molar-refractivity contribution is -0.120. The molecule has 0 aliphatic heterocycles. The van der Waals surface area contributed by atoms with E-state index < -0.39 is 6.10 Å². The summed E-state index contributed by atoms with van der Waals surface area (Å²) < 4.78 is 13.6. The fourth-order valence-corrected chi connectivity index (χ4v) is 4.75. The average molecular weight is 560 g/mol. The van der Waals surface area contributed by atoms with Crippen molar-refractivity contribution >= 4 is 28.6 Å². The standard InChI is InChI=1S/C31H30ClN3O5/c1-34(19-26(36)28-13-12-27(40-28)21-6-4-3-5-7-21)18-24-15-25-30(38)22(17-35(2)31(25)39-24)14-29(37)33-16-20-8-10-23(32)11-9-20/h3-13,15,17,26,36H,14,16,18-19H2,1-2H3,(H,33,37). The Morgan fingerprint density at radius 3 is 2.58 bits per heavy atom. The van der Waals surface area contributed by atoms with E-state index in [1.54, 1.807) is 42.1 Å². The van der Waals surface area contributed by atoms with Crippen molar-refractivity contribution < 1.29 is 18.7 Å². The number of halogens is 1. The molecule has 0 bridgehead atoms. The number of rotatable bonds is 10. The van der Waals surface area contributed by atoms with Gasteiger partial charge in [0, 0.05) is 42.5 Å². The summed E-state index contributed by atoms with van der Waals surface area (Å²) in [5, 5.41) is 14.6. The van der Waals surface area contributed by atoms with Crippen LogP contribution in [0.3, 0.4) is 0 Å². The molecule has 8 nitrogen and oxygen atoms in total. The largest absolute Gasteiger partial charge is 0.458 e. The first-order valence-corrected chi connectivity index (χ1v) is 13.3. The van der Waals surface area contributed by atoms with Crippen LogP contribution in [-0.2, 0) is 31.4 Å². The Morgan fingerprint density at radius 1 is 1.07 bits per heavy atom. The van der Waals surface area contributed by atoms with Crippen LogP contribution in [0.1, 0.15) is 28.8 Å². The van der Waals surface area contributed by atoms with Crippen LogP contribution in [0.5, 0.6) is 0 Å². The number of hydrogen-bond acceptors (Lipinski definition) is 6. The second kappa shape index (κ2) is 12.0. The highest BCUT2D eigenvalue weighted by Gasteiger charge is 2.19. The number of carbonyl (C=O) groups excluding carboxylic acids is 1. The van der Waals surface area contributed by atoms with Gasteiger partial charge in [0.15, 0.2) is 5.43 Å². The molecule has 206 valence electrons. The number of likely N-dealkylation sites (N-methyl/N-ethyl adjacent to an activating group) is 1. The van der Waals surface area contributed by atoms with Gasteiger partial charge in [-0.2, -0.15) is 0 Å². The number of aliphatic hydroxyl groups excluding tert-OH is 1. The molecule has 3 aromatic heterocycles. The number of benzene rings is 2. The molecular formula is C31H30ClN3O5. The summed E-state index contributed by atoms with van der Waals surface area (Å²) in [7, 11) is 3.63. The first-order chi connectivity index (χ1) is 19.3. The molecule has 0 radical (unpaired) electrons. The zero-order chi connectivity index (χ0) is 28.2. The fourth-order valence-electron chi connectivity index (χ4n) is 4.63. The molecule has 5 rings (SSSR count). The van der Waals surface area contributed by atoms with E-state index in [-0.39, 0.29) is 17.8 Å². The number of aliphatic hydroxyl groups is 1. The minimum Gasteiger partial charge on any atom is -0.458 e. The van der Waals surface area contributed by atoms with Crippen molar-refractivity contribution in [3.05, 3.63) is 117 Å². The summed E-state index contributed by atoms with van der Waals surface area (Å²) in [5.74, 6) is 1.49. The average Bonchev–Trinajstić information content (AvgIpc) is 3.60. The molecule has 0 spiro atoms. The number of pyridine rings is 1.